The Bertz CT molecular complexity index is 778. The molecule has 0 radical (unpaired) electrons. The molecular formula is C23H32N4O. The Kier molecular flexibility index (Phi) is 6.80. The molecule has 3 rings (SSSR count). The van der Waals surface area contributed by atoms with E-state index in [2.05, 4.69) is 58.5 Å². The van der Waals surface area contributed by atoms with Crippen LogP contribution in [0.1, 0.15) is 32.3 Å². The molecule has 1 aliphatic heterocycles. The summed E-state index contributed by atoms with van der Waals surface area (Å²) in [6, 6.07) is 14.5. The minimum Gasteiger partial charge on any atom is -0.376 e. The minimum absolute atomic E-state index is 0.0395. The van der Waals surface area contributed by atoms with Gasteiger partial charge in [-0.25, -0.2) is 0 Å². The van der Waals surface area contributed by atoms with Crippen LogP contribution in [0.3, 0.4) is 0 Å². The number of nitrogens with zero attached hydrogens (tertiary/aromatic N) is 2. The molecule has 2 N–H and O–H groups in total. The third-order valence-corrected chi connectivity index (χ3v) is 5.40. The van der Waals surface area contributed by atoms with Gasteiger partial charge in [0.05, 0.1) is 6.54 Å². The maximum absolute atomic E-state index is 12.4. The Labute approximate surface area is 168 Å². The Morgan fingerprint density at radius 2 is 1.71 bits per heavy atom. The molecule has 150 valence electrons. The first-order valence-corrected chi connectivity index (χ1v) is 10.3. The fraction of sp³-hybridized carbons (Fsp3) is 0.435. The van der Waals surface area contributed by atoms with Crippen LogP contribution < -0.4 is 20.4 Å². The van der Waals surface area contributed by atoms with E-state index in [1.54, 1.807) is 0 Å². The van der Waals surface area contributed by atoms with Crippen LogP contribution in [0.15, 0.2) is 42.5 Å². The molecule has 0 aliphatic carbocycles. The average molecular weight is 381 g/mol. The minimum atomic E-state index is -0.0395. The normalized spacial score (nSPS) is 13.5. The van der Waals surface area contributed by atoms with Crippen LogP contribution >= 0.6 is 0 Å². The molecule has 5 heteroatoms. The maximum Gasteiger partial charge on any atom is 0.243 e. The highest BCUT2D eigenvalue weighted by atomic mass is 16.1. The Morgan fingerprint density at radius 1 is 1.04 bits per heavy atom. The number of benzene rings is 2. The number of carbonyl (C=O) groups is 1. The number of hydrogen-bond acceptors (Lipinski definition) is 4. The summed E-state index contributed by atoms with van der Waals surface area (Å²) >= 11 is 0. The molecule has 1 amide bonds. The average Bonchev–Trinajstić information content (AvgIpc) is 3.24. The monoisotopic (exact) mass is 380 g/mol. The zero-order valence-corrected chi connectivity index (χ0v) is 17.3. The lowest BCUT2D eigenvalue weighted by molar-refractivity contribution is -0.114. The molecular weight excluding hydrogens is 348 g/mol. The van der Waals surface area contributed by atoms with E-state index in [0.29, 0.717) is 0 Å². The van der Waals surface area contributed by atoms with Gasteiger partial charge in [-0.15, -0.1) is 0 Å². The zero-order valence-electron chi connectivity index (χ0n) is 17.3. The van der Waals surface area contributed by atoms with E-state index in [-0.39, 0.29) is 12.5 Å². The van der Waals surface area contributed by atoms with Gasteiger partial charge >= 0.3 is 0 Å². The van der Waals surface area contributed by atoms with E-state index >= 15 is 0 Å². The molecule has 1 aliphatic rings. The summed E-state index contributed by atoms with van der Waals surface area (Å²) in [5.41, 5.74) is 5.36. The molecule has 5 nitrogen and oxygen atoms in total. The first kappa shape index (κ1) is 20.1. The molecule has 1 saturated heterocycles. The highest BCUT2D eigenvalue weighted by Gasteiger charge is 2.12. The number of anilines is 4. The molecule has 2 aromatic carbocycles. The number of nitrogens with one attached hydrogen (secondary N) is 2. The Morgan fingerprint density at radius 3 is 2.32 bits per heavy atom. The lowest BCUT2D eigenvalue weighted by Gasteiger charge is -2.22. The molecule has 0 aromatic heterocycles. The second kappa shape index (κ2) is 9.49. The standard InChI is InChI=1S/C23H32N4O/c1-4-26(5-2)21-12-13-22(18(3)16-21)25-23(28)17-24-19-8-10-20(11-9-19)27-14-6-7-15-27/h8-13,16,24H,4-7,14-15,17H2,1-3H3,(H,25,28). The third-order valence-electron chi connectivity index (χ3n) is 5.40. The first-order chi connectivity index (χ1) is 13.6. The van der Waals surface area contributed by atoms with E-state index in [1.807, 2.05) is 25.1 Å². The van der Waals surface area contributed by atoms with Gasteiger partial charge < -0.3 is 20.4 Å². The predicted octanol–water partition coefficient (Wildman–Crippen LogP) is 4.49. The lowest BCUT2D eigenvalue weighted by Crippen LogP contribution is -2.23. The molecule has 0 atom stereocenters. The van der Waals surface area contributed by atoms with E-state index < -0.39 is 0 Å². The quantitative estimate of drug-likeness (QED) is 0.708. The van der Waals surface area contributed by atoms with Gasteiger partial charge in [-0.1, -0.05) is 0 Å². The SMILES string of the molecule is CCN(CC)c1ccc(NC(=O)CNc2ccc(N3CCCC3)cc2)c(C)c1. The molecule has 0 spiro atoms. The number of hydrogen-bond donors (Lipinski definition) is 2. The molecule has 28 heavy (non-hydrogen) atoms. The molecule has 1 fully saturated rings. The number of amides is 1. The van der Waals surface area contributed by atoms with E-state index in [9.17, 15) is 4.79 Å². The molecule has 0 bridgehead atoms. The van der Waals surface area contributed by atoms with Crippen LogP contribution in [0.5, 0.6) is 0 Å². The van der Waals surface area contributed by atoms with E-state index in [0.717, 1.165) is 43.1 Å². The Hall–Kier alpha value is -2.69. The van der Waals surface area contributed by atoms with Crippen molar-refractivity contribution in [2.75, 3.05) is 53.2 Å². The maximum atomic E-state index is 12.4. The number of rotatable bonds is 8. The topological polar surface area (TPSA) is 47.6 Å². The van der Waals surface area contributed by atoms with Crippen molar-refractivity contribution in [3.05, 3.63) is 48.0 Å². The van der Waals surface area contributed by atoms with Gasteiger partial charge in [-0.05, 0) is 81.6 Å². The van der Waals surface area contributed by atoms with Gasteiger partial charge in [0.1, 0.15) is 0 Å². The highest BCUT2D eigenvalue weighted by molar-refractivity contribution is 5.94. The van der Waals surface area contributed by atoms with E-state index in [4.69, 9.17) is 0 Å². The van der Waals surface area contributed by atoms with Crippen LogP contribution in [-0.2, 0) is 4.79 Å². The molecule has 0 unspecified atom stereocenters. The number of aryl methyl sites for hydroxylation is 1. The summed E-state index contributed by atoms with van der Waals surface area (Å²) in [6.45, 7) is 10.8. The van der Waals surface area contributed by atoms with Gasteiger partial charge in [0.15, 0.2) is 0 Å². The largest absolute Gasteiger partial charge is 0.376 e. The van der Waals surface area contributed by atoms with Crippen molar-refractivity contribution in [3.63, 3.8) is 0 Å². The van der Waals surface area contributed by atoms with Crippen LogP contribution in [0.2, 0.25) is 0 Å². The summed E-state index contributed by atoms with van der Waals surface area (Å²) in [4.78, 5) is 17.1. The molecule has 1 heterocycles. The van der Waals surface area contributed by atoms with Crippen molar-refractivity contribution in [2.45, 2.75) is 33.6 Å². The van der Waals surface area contributed by atoms with Crippen molar-refractivity contribution in [1.82, 2.24) is 0 Å². The third kappa shape index (κ3) is 4.97. The highest BCUT2D eigenvalue weighted by Crippen LogP contribution is 2.23. The van der Waals surface area contributed by atoms with Gasteiger partial charge in [-0.3, -0.25) is 4.79 Å². The molecule has 0 saturated carbocycles. The summed E-state index contributed by atoms with van der Waals surface area (Å²) in [5.74, 6) is -0.0395. The van der Waals surface area contributed by atoms with Crippen LogP contribution in [0.25, 0.3) is 0 Å². The van der Waals surface area contributed by atoms with Crippen LogP contribution in [0.4, 0.5) is 22.7 Å². The fourth-order valence-corrected chi connectivity index (χ4v) is 3.72. The second-order valence-electron chi connectivity index (χ2n) is 7.31. The van der Waals surface area contributed by atoms with Crippen molar-refractivity contribution >= 4 is 28.7 Å². The van der Waals surface area contributed by atoms with Gasteiger partial charge in [0.2, 0.25) is 5.91 Å². The van der Waals surface area contributed by atoms with E-state index in [1.165, 1.54) is 24.2 Å². The van der Waals surface area contributed by atoms with Gasteiger partial charge in [0.25, 0.3) is 0 Å². The fourth-order valence-electron chi connectivity index (χ4n) is 3.72. The van der Waals surface area contributed by atoms with Crippen molar-refractivity contribution in [3.8, 4) is 0 Å². The van der Waals surface area contributed by atoms with Gasteiger partial charge in [0, 0.05) is 48.9 Å². The zero-order chi connectivity index (χ0) is 19.9. The second-order valence-corrected chi connectivity index (χ2v) is 7.31. The Balaban J connectivity index is 1.52. The summed E-state index contributed by atoms with van der Waals surface area (Å²) < 4.78 is 0. The summed E-state index contributed by atoms with van der Waals surface area (Å²) in [5, 5.41) is 6.22. The predicted molar refractivity (Wildman–Crippen MR) is 120 cm³/mol. The van der Waals surface area contributed by atoms with Crippen molar-refractivity contribution in [1.29, 1.82) is 0 Å². The lowest BCUT2D eigenvalue weighted by atomic mass is 10.1. The summed E-state index contributed by atoms with van der Waals surface area (Å²) in [7, 11) is 0. The van der Waals surface area contributed by atoms with Crippen LogP contribution in [0, 0.1) is 6.92 Å². The van der Waals surface area contributed by atoms with Crippen LogP contribution in [-0.4, -0.2) is 38.6 Å². The summed E-state index contributed by atoms with van der Waals surface area (Å²) in [6.07, 6.45) is 2.55. The van der Waals surface area contributed by atoms with Crippen molar-refractivity contribution in [2.24, 2.45) is 0 Å². The number of carbonyl (C=O) groups excluding carboxylic acids is 1. The van der Waals surface area contributed by atoms with Gasteiger partial charge in [-0.2, -0.15) is 0 Å². The smallest absolute Gasteiger partial charge is 0.243 e. The molecule has 2 aromatic rings. The first-order valence-electron chi connectivity index (χ1n) is 10.3. The van der Waals surface area contributed by atoms with Crippen molar-refractivity contribution < 1.29 is 4.79 Å².